The molecule has 0 aliphatic carbocycles. The van der Waals surface area contributed by atoms with Crippen LogP contribution in [0.2, 0.25) is 0 Å². The molecule has 0 aliphatic rings. The number of aliphatic carboxylic acids is 1. The molecule has 0 saturated heterocycles. The van der Waals surface area contributed by atoms with E-state index in [1.807, 2.05) is 13.8 Å². The maximum absolute atomic E-state index is 12.4. The molecule has 0 fully saturated rings. The van der Waals surface area contributed by atoms with Crippen molar-refractivity contribution in [3.05, 3.63) is 0 Å². The molecule has 0 aromatic carbocycles. The van der Waals surface area contributed by atoms with E-state index < -0.39 is 17.5 Å². The molecule has 4 nitrogen and oxygen atoms in total. The molecule has 0 saturated carbocycles. The summed E-state index contributed by atoms with van der Waals surface area (Å²) in [6.45, 7) is 7.91. The molecule has 0 aliphatic heterocycles. The van der Waals surface area contributed by atoms with Gasteiger partial charge in [0.15, 0.2) is 5.78 Å². The molecule has 0 rings (SSSR count). The number of carboxylic acid groups (broad SMARTS) is 1. The van der Waals surface area contributed by atoms with Gasteiger partial charge in [-0.25, -0.2) is 0 Å². The van der Waals surface area contributed by atoms with Crippen molar-refractivity contribution in [3.8, 4) is 0 Å². The topological polar surface area (TPSA) is 63.6 Å². The van der Waals surface area contributed by atoms with Gasteiger partial charge in [-0.1, -0.05) is 34.1 Å². The van der Waals surface area contributed by atoms with Gasteiger partial charge in [-0.2, -0.15) is 0 Å². The van der Waals surface area contributed by atoms with Crippen LogP contribution in [0.25, 0.3) is 0 Å². The number of ether oxygens (including phenoxy) is 1. The van der Waals surface area contributed by atoms with Gasteiger partial charge >= 0.3 is 5.97 Å². The summed E-state index contributed by atoms with van der Waals surface area (Å²) in [6.07, 6.45) is 2.44. The van der Waals surface area contributed by atoms with Crippen LogP contribution in [0.1, 0.15) is 59.8 Å². The molecule has 1 unspecified atom stereocenters. The Morgan fingerprint density at radius 3 is 2.06 bits per heavy atom. The quantitative estimate of drug-likeness (QED) is 0.483. The monoisotopic (exact) mass is 258 g/mol. The fraction of sp³-hybridized carbons (Fsp3) is 0.857. The minimum atomic E-state index is -1.28. The minimum absolute atomic E-state index is 0.279. The SMILES string of the molecule is CCCCOC(CC)C(=O)C(CC)(CC)C(=O)O. The van der Waals surface area contributed by atoms with Crippen molar-refractivity contribution in [1.82, 2.24) is 0 Å². The van der Waals surface area contributed by atoms with E-state index in [9.17, 15) is 14.7 Å². The predicted octanol–water partition coefficient (Wildman–Crippen LogP) is 3.04. The molecule has 0 amide bonds. The number of hydrogen-bond donors (Lipinski definition) is 1. The third-order valence-electron chi connectivity index (χ3n) is 3.57. The first kappa shape index (κ1) is 17.1. The summed E-state index contributed by atoms with van der Waals surface area (Å²) in [5.41, 5.74) is -1.28. The Balaban J connectivity index is 4.87. The van der Waals surface area contributed by atoms with E-state index >= 15 is 0 Å². The number of hydrogen-bond acceptors (Lipinski definition) is 3. The molecule has 0 heterocycles. The van der Waals surface area contributed by atoms with Crippen LogP contribution >= 0.6 is 0 Å². The Morgan fingerprint density at radius 2 is 1.72 bits per heavy atom. The van der Waals surface area contributed by atoms with Gasteiger partial charge in [-0.05, 0) is 25.7 Å². The summed E-state index contributed by atoms with van der Waals surface area (Å²) in [5.74, 6) is -1.31. The van der Waals surface area contributed by atoms with Crippen molar-refractivity contribution in [2.75, 3.05) is 6.61 Å². The molecule has 0 aromatic heterocycles. The van der Waals surface area contributed by atoms with E-state index in [1.165, 1.54) is 0 Å². The summed E-state index contributed by atoms with van der Waals surface area (Å²) in [7, 11) is 0. The molecule has 0 bridgehead atoms. The van der Waals surface area contributed by atoms with Gasteiger partial charge < -0.3 is 9.84 Å². The number of ketones is 1. The highest BCUT2D eigenvalue weighted by molar-refractivity contribution is 6.05. The van der Waals surface area contributed by atoms with Crippen molar-refractivity contribution in [2.45, 2.75) is 65.9 Å². The Bertz CT molecular complexity index is 269. The van der Waals surface area contributed by atoms with E-state index in [0.29, 0.717) is 25.9 Å². The lowest BCUT2D eigenvalue weighted by atomic mass is 9.76. The summed E-state index contributed by atoms with van der Waals surface area (Å²) in [4.78, 5) is 23.8. The average molecular weight is 258 g/mol. The van der Waals surface area contributed by atoms with Crippen LogP contribution < -0.4 is 0 Å². The zero-order chi connectivity index (χ0) is 14.2. The van der Waals surface area contributed by atoms with Crippen LogP contribution in [0, 0.1) is 5.41 Å². The lowest BCUT2D eigenvalue weighted by molar-refractivity contribution is -0.160. The van der Waals surface area contributed by atoms with Gasteiger partial charge in [-0.15, -0.1) is 0 Å². The lowest BCUT2D eigenvalue weighted by Crippen LogP contribution is -2.45. The summed E-state index contributed by atoms with van der Waals surface area (Å²) < 4.78 is 5.54. The highest BCUT2D eigenvalue weighted by Gasteiger charge is 2.45. The van der Waals surface area contributed by atoms with Gasteiger partial charge in [0.1, 0.15) is 11.5 Å². The maximum atomic E-state index is 12.4. The Labute approximate surface area is 110 Å². The average Bonchev–Trinajstić information content (AvgIpc) is 2.36. The smallest absolute Gasteiger partial charge is 0.317 e. The fourth-order valence-corrected chi connectivity index (χ4v) is 2.06. The van der Waals surface area contributed by atoms with E-state index in [1.54, 1.807) is 13.8 Å². The first-order chi connectivity index (χ1) is 8.49. The van der Waals surface area contributed by atoms with Gasteiger partial charge in [-0.3, -0.25) is 9.59 Å². The number of unbranched alkanes of at least 4 members (excludes halogenated alkanes) is 1. The highest BCUT2D eigenvalue weighted by Crippen LogP contribution is 2.31. The lowest BCUT2D eigenvalue weighted by Gasteiger charge is -2.29. The molecule has 1 atom stereocenters. The van der Waals surface area contributed by atoms with Crippen molar-refractivity contribution < 1.29 is 19.4 Å². The molecule has 0 aromatic rings. The van der Waals surface area contributed by atoms with Gasteiger partial charge in [0.25, 0.3) is 0 Å². The number of carbonyl (C=O) groups excluding carboxylic acids is 1. The Morgan fingerprint density at radius 1 is 1.17 bits per heavy atom. The van der Waals surface area contributed by atoms with Crippen molar-refractivity contribution in [2.24, 2.45) is 5.41 Å². The minimum Gasteiger partial charge on any atom is -0.480 e. The standard InChI is InChI=1S/C14H26O4/c1-5-9-10-18-11(6-2)12(15)14(7-3,8-4)13(16)17/h11H,5-10H2,1-4H3,(H,16,17). The zero-order valence-corrected chi connectivity index (χ0v) is 12.0. The molecule has 4 heteroatoms. The van der Waals surface area contributed by atoms with Gasteiger partial charge in [0.05, 0.1) is 0 Å². The van der Waals surface area contributed by atoms with Crippen molar-refractivity contribution in [3.63, 3.8) is 0 Å². The molecule has 106 valence electrons. The summed E-state index contributed by atoms with van der Waals surface area (Å²) >= 11 is 0. The normalized spacial score (nSPS) is 13.3. The predicted molar refractivity (Wildman–Crippen MR) is 70.6 cm³/mol. The first-order valence-electron chi connectivity index (χ1n) is 6.89. The number of carbonyl (C=O) groups is 2. The molecule has 18 heavy (non-hydrogen) atoms. The third-order valence-corrected chi connectivity index (χ3v) is 3.57. The van der Waals surface area contributed by atoms with E-state index in [4.69, 9.17) is 4.74 Å². The molecule has 0 spiro atoms. The van der Waals surface area contributed by atoms with Crippen LogP contribution in [0.5, 0.6) is 0 Å². The van der Waals surface area contributed by atoms with Crippen LogP contribution in [0.15, 0.2) is 0 Å². The largest absolute Gasteiger partial charge is 0.480 e. The first-order valence-corrected chi connectivity index (χ1v) is 6.89. The second kappa shape index (κ2) is 8.25. The second-order valence-electron chi connectivity index (χ2n) is 4.58. The maximum Gasteiger partial charge on any atom is 0.317 e. The molecule has 1 N–H and O–H groups in total. The van der Waals surface area contributed by atoms with Crippen molar-refractivity contribution >= 4 is 11.8 Å². The molecule has 0 radical (unpaired) electrons. The Kier molecular flexibility index (Phi) is 7.83. The molecular formula is C14H26O4. The number of rotatable bonds is 10. The number of carboxylic acids is 1. The summed E-state index contributed by atoms with van der Waals surface area (Å²) in [6, 6.07) is 0. The van der Waals surface area contributed by atoms with Crippen LogP contribution in [0.4, 0.5) is 0 Å². The van der Waals surface area contributed by atoms with Crippen LogP contribution in [0.3, 0.4) is 0 Å². The third kappa shape index (κ3) is 3.80. The zero-order valence-electron chi connectivity index (χ0n) is 12.0. The van der Waals surface area contributed by atoms with Crippen LogP contribution in [-0.4, -0.2) is 29.6 Å². The van der Waals surface area contributed by atoms with Crippen molar-refractivity contribution in [1.29, 1.82) is 0 Å². The van der Waals surface area contributed by atoms with Crippen LogP contribution in [-0.2, 0) is 14.3 Å². The van der Waals surface area contributed by atoms with E-state index in [-0.39, 0.29) is 5.78 Å². The second-order valence-corrected chi connectivity index (χ2v) is 4.58. The highest BCUT2D eigenvalue weighted by atomic mass is 16.5. The van der Waals surface area contributed by atoms with Gasteiger partial charge in [0.2, 0.25) is 0 Å². The van der Waals surface area contributed by atoms with Gasteiger partial charge in [0, 0.05) is 6.61 Å². The van der Waals surface area contributed by atoms with E-state index in [2.05, 4.69) is 0 Å². The fourth-order valence-electron chi connectivity index (χ4n) is 2.06. The number of Topliss-reactive ketones (excluding diaryl/α,β-unsaturated/α-hetero) is 1. The van der Waals surface area contributed by atoms with E-state index in [0.717, 1.165) is 12.8 Å². The summed E-state index contributed by atoms with van der Waals surface area (Å²) in [5, 5.41) is 9.33. The molecular weight excluding hydrogens is 232 g/mol. The Hall–Kier alpha value is -0.900.